The minimum absolute atomic E-state index is 0.542. The van der Waals surface area contributed by atoms with Gasteiger partial charge in [-0.05, 0) is 38.7 Å². The number of hydrogen-bond donors (Lipinski definition) is 2. The van der Waals surface area contributed by atoms with Gasteiger partial charge in [0.05, 0.1) is 0 Å². The minimum atomic E-state index is 0.542. The fourth-order valence-electron chi connectivity index (χ4n) is 2.56. The van der Waals surface area contributed by atoms with Crippen LogP contribution in [0.2, 0.25) is 0 Å². The maximum absolute atomic E-state index is 4.57. The van der Waals surface area contributed by atoms with E-state index >= 15 is 0 Å². The van der Waals surface area contributed by atoms with E-state index in [-0.39, 0.29) is 0 Å². The summed E-state index contributed by atoms with van der Waals surface area (Å²) in [5.74, 6) is 1.86. The molecule has 0 aromatic carbocycles. The number of nitrogens with zero attached hydrogens (tertiary/aromatic N) is 2. The van der Waals surface area contributed by atoms with E-state index in [1.54, 1.807) is 11.8 Å². The standard InChI is InChI=1S/C14H24N4S2/c1-4-15-12-9-13(18-14(17-12)20-3)16-10-6-5-7-11(8-10)19-2/h9-11H,4-8H2,1-3H3,(H2,15,16,17,18). The highest BCUT2D eigenvalue weighted by atomic mass is 32.2. The third-order valence-electron chi connectivity index (χ3n) is 3.56. The summed E-state index contributed by atoms with van der Waals surface area (Å²) in [5, 5.41) is 8.48. The normalized spacial score (nSPS) is 22.6. The van der Waals surface area contributed by atoms with Crippen LogP contribution in [0.5, 0.6) is 0 Å². The molecular formula is C14H24N4S2. The van der Waals surface area contributed by atoms with Gasteiger partial charge in [0.1, 0.15) is 11.6 Å². The van der Waals surface area contributed by atoms with Crippen molar-refractivity contribution in [3.63, 3.8) is 0 Å². The molecule has 0 bridgehead atoms. The molecule has 1 heterocycles. The molecule has 0 radical (unpaired) electrons. The van der Waals surface area contributed by atoms with Gasteiger partial charge >= 0.3 is 0 Å². The number of hydrogen-bond acceptors (Lipinski definition) is 6. The van der Waals surface area contributed by atoms with E-state index in [9.17, 15) is 0 Å². The third kappa shape index (κ3) is 4.45. The lowest BCUT2D eigenvalue weighted by Gasteiger charge is -2.29. The summed E-state index contributed by atoms with van der Waals surface area (Å²) in [6, 6.07) is 2.56. The largest absolute Gasteiger partial charge is 0.370 e. The van der Waals surface area contributed by atoms with Crippen molar-refractivity contribution in [1.29, 1.82) is 0 Å². The maximum atomic E-state index is 4.57. The van der Waals surface area contributed by atoms with Crippen molar-refractivity contribution >= 4 is 35.2 Å². The van der Waals surface area contributed by atoms with E-state index in [1.807, 2.05) is 24.1 Å². The molecule has 0 saturated heterocycles. The Balaban J connectivity index is 2.05. The Kier molecular flexibility index (Phi) is 6.29. The van der Waals surface area contributed by atoms with Gasteiger partial charge in [-0.25, -0.2) is 9.97 Å². The molecule has 1 aromatic rings. The SMILES string of the molecule is CCNc1cc(NC2CCCC(SC)C2)nc(SC)n1. The Bertz CT molecular complexity index is 428. The molecule has 1 fully saturated rings. The summed E-state index contributed by atoms with van der Waals surface area (Å²) in [6.07, 6.45) is 9.36. The average Bonchev–Trinajstić information content (AvgIpc) is 2.47. The van der Waals surface area contributed by atoms with E-state index in [1.165, 1.54) is 25.7 Å². The number of nitrogens with one attached hydrogen (secondary N) is 2. The van der Waals surface area contributed by atoms with Crippen molar-refractivity contribution in [2.45, 2.75) is 49.1 Å². The highest BCUT2D eigenvalue weighted by molar-refractivity contribution is 7.99. The van der Waals surface area contributed by atoms with Crippen LogP contribution in [0.25, 0.3) is 0 Å². The van der Waals surface area contributed by atoms with E-state index in [0.29, 0.717) is 6.04 Å². The number of aromatic nitrogens is 2. The molecule has 0 spiro atoms. The van der Waals surface area contributed by atoms with Gasteiger partial charge in [-0.15, -0.1) is 0 Å². The van der Waals surface area contributed by atoms with Crippen LogP contribution < -0.4 is 10.6 Å². The van der Waals surface area contributed by atoms with Crippen molar-refractivity contribution in [1.82, 2.24) is 9.97 Å². The Morgan fingerprint density at radius 3 is 2.75 bits per heavy atom. The van der Waals surface area contributed by atoms with Gasteiger partial charge in [-0.1, -0.05) is 18.2 Å². The first-order chi connectivity index (χ1) is 9.75. The summed E-state index contributed by atoms with van der Waals surface area (Å²) in [6.45, 7) is 2.96. The Morgan fingerprint density at radius 2 is 2.05 bits per heavy atom. The molecular weight excluding hydrogens is 288 g/mol. The van der Waals surface area contributed by atoms with Gasteiger partial charge in [0, 0.05) is 23.9 Å². The topological polar surface area (TPSA) is 49.8 Å². The van der Waals surface area contributed by atoms with Crippen LogP contribution in [0.1, 0.15) is 32.6 Å². The Morgan fingerprint density at radius 1 is 1.25 bits per heavy atom. The molecule has 4 nitrogen and oxygen atoms in total. The van der Waals surface area contributed by atoms with Gasteiger partial charge in [-0.2, -0.15) is 11.8 Å². The quantitative estimate of drug-likeness (QED) is 0.617. The Hall–Kier alpha value is -0.620. The van der Waals surface area contributed by atoms with Crippen molar-refractivity contribution in [3.05, 3.63) is 6.07 Å². The van der Waals surface area contributed by atoms with Crippen LogP contribution in [0, 0.1) is 0 Å². The summed E-state index contributed by atoms with van der Waals surface area (Å²) < 4.78 is 0. The molecule has 0 amide bonds. The van der Waals surface area contributed by atoms with Crippen LogP contribution in [-0.4, -0.2) is 40.3 Å². The minimum Gasteiger partial charge on any atom is -0.370 e. The summed E-state index contributed by atoms with van der Waals surface area (Å²) >= 11 is 3.57. The first-order valence-electron chi connectivity index (χ1n) is 7.21. The lowest BCUT2D eigenvalue weighted by atomic mass is 9.95. The fourth-order valence-corrected chi connectivity index (χ4v) is 3.77. The maximum Gasteiger partial charge on any atom is 0.191 e. The van der Waals surface area contributed by atoms with Crippen molar-refractivity contribution in [2.75, 3.05) is 29.7 Å². The third-order valence-corrected chi connectivity index (χ3v) is 5.20. The molecule has 2 N–H and O–H groups in total. The molecule has 2 unspecified atom stereocenters. The summed E-state index contributed by atoms with van der Waals surface area (Å²) in [7, 11) is 0. The summed E-state index contributed by atoms with van der Waals surface area (Å²) in [4.78, 5) is 9.04. The van der Waals surface area contributed by atoms with E-state index in [4.69, 9.17) is 0 Å². The molecule has 112 valence electrons. The first-order valence-corrected chi connectivity index (χ1v) is 9.72. The molecule has 0 aliphatic heterocycles. The molecule has 6 heteroatoms. The molecule has 20 heavy (non-hydrogen) atoms. The van der Waals surface area contributed by atoms with Gasteiger partial charge in [0.15, 0.2) is 5.16 Å². The second-order valence-electron chi connectivity index (χ2n) is 5.02. The highest BCUT2D eigenvalue weighted by Crippen LogP contribution is 2.29. The molecule has 1 aliphatic carbocycles. The van der Waals surface area contributed by atoms with Gasteiger partial charge in [0.2, 0.25) is 0 Å². The zero-order chi connectivity index (χ0) is 14.4. The van der Waals surface area contributed by atoms with Crippen molar-refractivity contribution < 1.29 is 0 Å². The van der Waals surface area contributed by atoms with Gasteiger partial charge in [-0.3, -0.25) is 0 Å². The van der Waals surface area contributed by atoms with Crippen LogP contribution in [0.3, 0.4) is 0 Å². The Labute approximate surface area is 130 Å². The molecule has 1 aliphatic rings. The predicted molar refractivity (Wildman–Crippen MR) is 91.2 cm³/mol. The lowest BCUT2D eigenvalue weighted by molar-refractivity contribution is 0.472. The summed E-state index contributed by atoms with van der Waals surface area (Å²) in [5.41, 5.74) is 0. The zero-order valence-electron chi connectivity index (χ0n) is 12.5. The van der Waals surface area contributed by atoms with Crippen LogP contribution >= 0.6 is 23.5 Å². The van der Waals surface area contributed by atoms with Gasteiger partial charge in [0.25, 0.3) is 0 Å². The van der Waals surface area contributed by atoms with E-state index < -0.39 is 0 Å². The van der Waals surface area contributed by atoms with Gasteiger partial charge < -0.3 is 10.6 Å². The zero-order valence-corrected chi connectivity index (χ0v) is 14.1. The van der Waals surface area contributed by atoms with Crippen molar-refractivity contribution in [3.8, 4) is 0 Å². The van der Waals surface area contributed by atoms with Crippen molar-refractivity contribution in [2.24, 2.45) is 0 Å². The monoisotopic (exact) mass is 312 g/mol. The molecule has 2 atom stereocenters. The number of thioether (sulfide) groups is 2. The lowest BCUT2D eigenvalue weighted by Crippen LogP contribution is -2.29. The van der Waals surface area contributed by atoms with E-state index in [2.05, 4.69) is 33.8 Å². The second kappa shape index (κ2) is 7.98. The molecule has 2 rings (SSSR count). The predicted octanol–water partition coefficient (Wildman–Crippen LogP) is 3.72. The number of anilines is 2. The second-order valence-corrected chi connectivity index (χ2v) is 6.93. The smallest absolute Gasteiger partial charge is 0.191 e. The molecule has 1 saturated carbocycles. The number of rotatable bonds is 6. The first kappa shape index (κ1) is 15.8. The van der Waals surface area contributed by atoms with Crippen LogP contribution in [0.15, 0.2) is 11.2 Å². The average molecular weight is 313 g/mol. The highest BCUT2D eigenvalue weighted by Gasteiger charge is 2.21. The van der Waals surface area contributed by atoms with Crippen LogP contribution in [-0.2, 0) is 0 Å². The fraction of sp³-hybridized carbons (Fsp3) is 0.714. The van der Waals surface area contributed by atoms with Crippen LogP contribution in [0.4, 0.5) is 11.6 Å². The molecule has 1 aromatic heterocycles. The van der Waals surface area contributed by atoms with E-state index in [0.717, 1.165) is 28.6 Å².